The quantitative estimate of drug-likeness (QED) is 0.0330. The van der Waals surface area contributed by atoms with Crippen LogP contribution in [0.25, 0.3) is 6.08 Å². The van der Waals surface area contributed by atoms with Crippen molar-refractivity contribution in [1.82, 2.24) is 0 Å². The van der Waals surface area contributed by atoms with Gasteiger partial charge in [0.1, 0.15) is 0 Å². The van der Waals surface area contributed by atoms with Gasteiger partial charge in [0.25, 0.3) is 0 Å². The van der Waals surface area contributed by atoms with E-state index < -0.39 is 0 Å². The number of hydrogen-bond acceptors (Lipinski definition) is 5. The van der Waals surface area contributed by atoms with Gasteiger partial charge in [-0.25, -0.2) is 0 Å². The highest BCUT2D eigenvalue weighted by Crippen LogP contribution is 2.40. The van der Waals surface area contributed by atoms with Crippen LogP contribution in [-0.4, -0.2) is 31.4 Å². The Hall–Kier alpha value is -2.40. The van der Waals surface area contributed by atoms with Crippen molar-refractivity contribution in [3.8, 4) is 17.2 Å². The third kappa shape index (κ3) is 20.1. The maximum atomic E-state index is 13.0. The average Bonchev–Trinajstić information content (AvgIpc) is 3.12. The lowest BCUT2D eigenvalue weighted by atomic mass is 10.0. The lowest BCUT2D eigenvalue weighted by Crippen LogP contribution is -2.05. The van der Waals surface area contributed by atoms with Gasteiger partial charge in [-0.05, 0) is 79.5 Å². The fourth-order valence-corrected chi connectivity index (χ4v) is 6.77. The summed E-state index contributed by atoms with van der Waals surface area (Å²) >= 11 is 1.89. The molecule has 0 aliphatic rings. The fraction of sp³-hybridized carbons (Fsp3) is 0.659. The number of carbonyl (C=O) groups excluding carboxylic acids is 1. The van der Waals surface area contributed by atoms with Gasteiger partial charge in [0, 0.05) is 10.5 Å². The van der Waals surface area contributed by atoms with Crippen molar-refractivity contribution in [2.45, 2.75) is 167 Å². The Morgan fingerprint density at radius 3 is 1.43 bits per heavy atom. The molecule has 0 aromatic heterocycles. The summed E-state index contributed by atoms with van der Waals surface area (Å²) in [5.41, 5.74) is 1.55. The predicted molar refractivity (Wildman–Crippen MR) is 213 cm³/mol. The monoisotopic (exact) mass is 694 g/mol. The van der Waals surface area contributed by atoms with E-state index in [1.807, 2.05) is 42.1 Å². The molecule has 2 aromatic carbocycles. The van der Waals surface area contributed by atoms with Gasteiger partial charge < -0.3 is 14.2 Å². The molecule has 0 fully saturated rings. The number of carbonyl (C=O) groups is 1. The molecule has 0 N–H and O–H groups in total. The first kappa shape index (κ1) is 42.8. The normalized spacial score (nSPS) is 11.3. The molecule has 0 radical (unpaired) electrons. The Morgan fingerprint density at radius 2 is 0.980 bits per heavy atom. The minimum absolute atomic E-state index is 0.0154. The second-order valence-electron chi connectivity index (χ2n) is 13.5. The minimum atomic E-state index is -0.0154. The van der Waals surface area contributed by atoms with E-state index >= 15 is 0 Å². The van der Waals surface area contributed by atoms with Crippen LogP contribution in [-0.2, 0) is 0 Å². The first-order valence-electron chi connectivity index (χ1n) is 20.1. The van der Waals surface area contributed by atoms with Crippen molar-refractivity contribution >= 4 is 23.6 Å². The Balaban J connectivity index is 1.63. The van der Waals surface area contributed by atoms with Crippen LogP contribution < -0.4 is 14.2 Å². The van der Waals surface area contributed by atoms with Crippen LogP contribution in [0.4, 0.5) is 0 Å². The second kappa shape index (κ2) is 29.3. The Bertz CT molecular complexity index is 1100. The van der Waals surface area contributed by atoms with E-state index in [0.717, 1.165) is 30.6 Å². The number of thioether (sulfide) groups is 1. The van der Waals surface area contributed by atoms with Crippen LogP contribution in [0.1, 0.15) is 178 Å². The van der Waals surface area contributed by atoms with Gasteiger partial charge in [0.05, 0.1) is 19.8 Å². The van der Waals surface area contributed by atoms with Gasteiger partial charge in [-0.1, -0.05) is 143 Å². The molecule has 0 spiro atoms. The molecule has 0 bridgehead atoms. The topological polar surface area (TPSA) is 44.8 Å². The van der Waals surface area contributed by atoms with Gasteiger partial charge in [0.2, 0.25) is 5.75 Å². The molecular weight excluding hydrogens is 625 g/mol. The highest BCUT2D eigenvalue weighted by atomic mass is 32.2. The van der Waals surface area contributed by atoms with E-state index in [2.05, 4.69) is 39.8 Å². The summed E-state index contributed by atoms with van der Waals surface area (Å²) < 4.78 is 18.1. The first-order chi connectivity index (χ1) is 24.1. The second-order valence-corrected chi connectivity index (χ2v) is 14.6. The molecule has 2 aromatic rings. The number of unbranched alkanes of at least 4 members (excludes halogenated alkanes) is 17. The highest BCUT2D eigenvalue weighted by Gasteiger charge is 2.15. The van der Waals surface area contributed by atoms with Crippen molar-refractivity contribution < 1.29 is 19.0 Å². The predicted octanol–water partition coefficient (Wildman–Crippen LogP) is 14.1. The van der Waals surface area contributed by atoms with E-state index in [1.54, 1.807) is 6.08 Å². The maximum Gasteiger partial charge on any atom is 0.203 e. The molecule has 0 amide bonds. The van der Waals surface area contributed by atoms with Crippen LogP contribution in [0.5, 0.6) is 17.2 Å². The summed E-state index contributed by atoms with van der Waals surface area (Å²) in [6.45, 7) is 10.3. The molecule has 276 valence electrons. The third-order valence-electron chi connectivity index (χ3n) is 8.75. The molecule has 0 saturated heterocycles. The summed E-state index contributed by atoms with van der Waals surface area (Å²) in [5.74, 6) is 3.08. The number of benzene rings is 2. The molecule has 2 rings (SSSR count). The van der Waals surface area contributed by atoms with Crippen molar-refractivity contribution in [3.05, 3.63) is 53.6 Å². The van der Waals surface area contributed by atoms with E-state index in [9.17, 15) is 4.79 Å². The molecule has 4 nitrogen and oxygen atoms in total. The Kier molecular flexibility index (Phi) is 25.6. The van der Waals surface area contributed by atoms with E-state index in [4.69, 9.17) is 14.2 Å². The zero-order chi connectivity index (χ0) is 35.2. The Morgan fingerprint density at radius 1 is 0.551 bits per heavy atom. The van der Waals surface area contributed by atoms with Gasteiger partial charge in [-0.2, -0.15) is 0 Å². The summed E-state index contributed by atoms with van der Waals surface area (Å²) in [6.07, 6.45) is 31.5. The smallest absolute Gasteiger partial charge is 0.203 e. The summed E-state index contributed by atoms with van der Waals surface area (Å²) in [5, 5.41) is 0. The number of rotatable bonds is 32. The van der Waals surface area contributed by atoms with E-state index in [1.165, 1.54) is 120 Å². The maximum absolute atomic E-state index is 13.0. The molecule has 49 heavy (non-hydrogen) atoms. The molecule has 0 aliphatic carbocycles. The van der Waals surface area contributed by atoms with Gasteiger partial charge in [-0.15, -0.1) is 11.8 Å². The van der Waals surface area contributed by atoms with Crippen LogP contribution in [0.15, 0.2) is 47.4 Å². The van der Waals surface area contributed by atoms with E-state index in [0.29, 0.717) is 42.6 Å². The Labute approximate surface area is 305 Å². The van der Waals surface area contributed by atoms with Crippen LogP contribution in [0.3, 0.4) is 0 Å². The average molecular weight is 695 g/mol. The molecule has 0 saturated carbocycles. The molecule has 5 heteroatoms. The summed E-state index contributed by atoms with van der Waals surface area (Å²) in [6, 6.07) is 11.9. The van der Waals surface area contributed by atoms with Crippen LogP contribution in [0.2, 0.25) is 0 Å². The number of hydrogen-bond donors (Lipinski definition) is 0. The van der Waals surface area contributed by atoms with Gasteiger partial charge in [0.15, 0.2) is 17.3 Å². The number of ether oxygens (including phenoxy) is 3. The van der Waals surface area contributed by atoms with Crippen molar-refractivity contribution in [3.63, 3.8) is 0 Å². The zero-order valence-electron chi connectivity index (χ0n) is 31.8. The lowest BCUT2D eigenvalue weighted by Gasteiger charge is -2.17. The van der Waals surface area contributed by atoms with Crippen LogP contribution >= 0.6 is 11.8 Å². The standard InChI is InChI=1S/C44H70O4S/c1-5-9-10-11-12-13-14-15-16-17-18-19-20-21-22-23-24-25-35-49-40-29-27-39(28-30-40)41(45)31-26-38-36-42(46-32-6-2)44(48-34-8-4)43(37-38)47-33-7-3/h26-31,36-37H,5-25,32-35H2,1-4H3. The summed E-state index contributed by atoms with van der Waals surface area (Å²) in [7, 11) is 0. The zero-order valence-corrected chi connectivity index (χ0v) is 32.7. The molecule has 0 unspecified atom stereocenters. The fourth-order valence-electron chi connectivity index (χ4n) is 5.86. The van der Waals surface area contributed by atoms with Crippen LogP contribution in [0, 0.1) is 0 Å². The highest BCUT2D eigenvalue weighted by molar-refractivity contribution is 7.99. The van der Waals surface area contributed by atoms with Gasteiger partial charge >= 0.3 is 0 Å². The van der Waals surface area contributed by atoms with E-state index in [-0.39, 0.29) is 5.78 Å². The number of ketones is 1. The third-order valence-corrected chi connectivity index (χ3v) is 9.85. The molecular formula is C44H70O4S. The lowest BCUT2D eigenvalue weighted by molar-refractivity contribution is 0.104. The first-order valence-corrected chi connectivity index (χ1v) is 21.1. The molecule has 0 heterocycles. The SMILES string of the molecule is CCCCCCCCCCCCCCCCCCCCSc1ccc(C(=O)C=Cc2cc(OCCC)c(OCCC)c(OCCC)c2)cc1. The van der Waals surface area contributed by atoms with Gasteiger partial charge in [-0.3, -0.25) is 4.79 Å². The van der Waals surface area contributed by atoms with Crippen molar-refractivity contribution in [1.29, 1.82) is 0 Å². The summed E-state index contributed by atoms with van der Waals surface area (Å²) in [4.78, 5) is 14.2. The number of allylic oxidation sites excluding steroid dienone is 1. The molecule has 0 aliphatic heterocycles. The van der Waals surface area contributed by atoms with Crippen molar-refractivity contribution in [2.75, 3.05) is 25.6 Å². The molecule has 0 atom stereocenters. The largest absolute Gasteiger partial charge is 0.490 e. The minimum Gasteiger partial charge on any atom is -0.490 e. The van der Waals surface area contributed by atoms with Crippen molar-refractivity contribution in [2.24, 2.45) is 0 Å².